The first-order chi connectivity index (χ1) is 9.03. The highest BCUT2D eigenvalue weighted by Crippen LogP contribution is 2.25. The SMILES string of the molecule is CNS(=O)(=O)[C@H]1CCOC[C@@H]1Cc1cccc(F)c1. The molecule has 1 saturated heterocycles. The van der Waals surface area contributed by atoms with Crippen LogP contribution in [0.2, 0.25) is 0 Å². The van der Waals surface area contributed by atoms with Gasteiger partial charge >= 0.3 is 0 Å². The number of hydrogen-bond acceptors (Lipinski definition) is 3. The van der Waals surface area contributed by atoms with Crippen molar-refractivity contribution in [2.75, 3.05) is 20.3 Å². The summed E-state index contributed by atoms with van der Waals surface area (Å²) < 4.78 is 44.9. The zero-order valence-corrected chi connectivity index (χ0v) is 11.6. The average molecular weight is 287 g/mol. The zero-order chi connectivity index (χ0) is 13.9. The monoisotopic (exact) mass is 287 g/mol. The first-order valence-electron chi connectivity index (χ1n) is 6.27. The molecule has 0 aliphatic carbocycles. The second-order valence-corrected chi connectivity index (χ2v) is 6.85. The molecule has 2 rings (SSSR count). The summed E-state index contributed by atoms with van der Waals surface area (Å²) >= 11 is 0. The number of ether oxygens (including phenoxy) is 1. The molecule has 0 aromatic heterocycles. The predicted octanol–water partition coefficient (Wildman–Crippen LogP) is 1.32. The van der Waals surface area contributed by atoms with Crippen molar-refractivity contribution in [3.63, 3.8) is 0 Å². The smallest absolute Gasteiger partial charge is 0.214 e. The van der Waals surface area contributed by atoms with Crippen LogP contribution in [0.3, 0.4) is 0 Å². The Morgan fingerprint density at radius 1 is 1.47 bits per heavy atom. The molecule has 0 bridgehead atoms. The topological polar surface area (TPSA) is 55.4 Å². The molecular weight excluding hydrogens is 269 g/mol. The minimum Gasteiger partial charge on any atom is -0.381 e. The van der Waals surface area contributed by atoms with Gasteiger partial charge in [0.25, 0.3) is 0 Å². The standard InChI is InChI=1S/C13H18FNO3S/c1-15-19(16,17)13-5-6-18-9-11(13)7-10-3-2-4-12(14)8-10/h2-4,8,11,13,15H,5-7,9H2,1H3/t11-,13-/m0/s1. The molecule has 1 fully saturated rings. The molecule has 106 valence electrons. The van der Waals surface area contributed by atoms with Crippen LogP contribution in [0, 0.1) is 11.7 Å². The molecule has 1 aromatic rings. The Morgan fingerprint density at radius 3 is 2.95 bits per heavy atom. The number of rotatable bonds is 4. The van der Waals surface area contributed by atoms with Crippen LogP contribution in [-0.2, 0) is 21.2 Å². The van der Waals surface area contributed by atoms with Crippen molar-refractivity contribution in [2.24, 2.45) is 5.92 Å². The lowest BCUT2D eigenvalue weighted by molar-refractivity contribution is 0.0570. The van der Waals surface area contributed by atoms with E-state index >= 15 is 0 Å². The second kappa shape index (κ2) is 5.98. The highest BCUT2D eigenvalue weighted by molar-refractivity contribution is 7.90. The fourth-order valence-corrected chi connectivity index (χ4v) is 3.88. The molecule has 1 heterocycles. The van der Waals surface area contributed by atoms with Gasteiger partial charge in [0.05, 0.1) is 11.9 Å². The van der Waals surface area contributed by atoms with Crippen molar-refractivity contribution in [1.29, 1.82) is 0 Å². The number of benzene rings is 1. The third-order valence-electron chi connectivity index (χ3n) is 3.47. The van der Waals surface area contributed by atoms with Gasteiger partial charge in [0.15, 0.2) is 0 Å². The van der Waals surface area contributed by atoms with Gasteiger partial charge in [0.2, 0.25) is 10.0 Å². The molecule has 1 aromatic carbocycles. The molecule has 0 saturated carbocycles. The van der Waals surface area contributed by atoms with Crippen LogP contribution in [-0.4, -0.2) is 33.9 Å². The van der Waals surface area contributed by atoms with E-state index in [1.54, 1.807) is 12.1 Å². The molecule has 1 aliphatic heterocycles. The maximum Gasteiger partial charge on any atom is 0.214 e. The Morgan fingerprint density at radius 2 is 2.26 bits per heavy atom. The fourth-order valence-electron chi connectivity index (χ4n) is 2.49. The predicted molar refractivity (Wildman–Crippen MR) is 70.8 cm³/mol. The van der Waals surface area contributed by atoms with Crippen LogP contribution in [0.1, 0.15) is 12.0 Å². The number of hydrogen-bond donors (Lipinski definition) is 1. The van der Waals surface area contributed by atoms with Gasteiger partial charge in [0, 0.05) is 12.5 Å². The summed E-state index contributed by atoms with van der Waals surface area (Å²) in [7, 11) is -1.90. The van der Waals surface area contributed by atoms with Crippen LogP contribution >= 0.6 is 0 Å². The summed E-state index contributed by atoms with van der Waals surface area (Å²) in [6.07, 6.45) is 0.979. The van der Waals surface area contributed by atoms with Gasteiger partial charge in [-0.25, -0.2) is 17.5 Å². The van der Waals surface area contributed by atoms with E-state index in [4.69, 9.17) is 4.74 Å². The van der Waals surface area contributed by atoms with Gasteiger partial charge in [-0.15, -0.1) is 0 Å². The Labute approximate surface area is 113 Å². The molecule has 1 N–H and O–H groups in total. The van der Waals surface area contributed by atoms with Gasteiger partial charge in [0.1, 0.15) is 5.82 Å². The second-order valence-electron chi connectivity index (χ2n) is 4.75. The fraction of sp³-hybridized carbons (Fsp3) is 0.538. The van der Waals surface area contributed by atoms with Gasteiger partial charge in [-0.3, -0.25) is 0 Å². The van der Waals surface area contributed by atoms with E-state index in [2.05, 4.69) is 4.72 Å². The highest BCUT2D eigenvalue weighted by atomic mass is 32.2. The van der Waals surface area contributed by atoms with E-state index < -0.39 is 15.3 Å². The molecule has 0 spiro atoms. The summed E-state index contributed by atoms with van der Waals surface area (Å²) in [6, 6.07) is 6.26. The third-order valence-corrected chi connectivity index (χ3v) is 5.46. The summed E-state index contributed by atoms with van der Waals surface area (Å²) in [5, 5.41) is -0.477. The minimum atomic E-state index is -3.32. The lowest BCUT2D eigenvalue weighted by Gasteiger charge is -2.30. The number of nitrogens with one attached hydrogen (secondary N) is 1. The first kappa shape index (κ1) is 14.4. The van der Waals surface area contributed by atoms with Crippen molar-refractivity contribution < 1.29 is 17.5 Å². The van der Waals surface area contributed by atoms with Crippen LogP contribution in [0.25, 0.3) is 0 Å². The van der Waals surface area contributed by atoms with Crippen molar-refractivity contribution >= 4 is 10.0 Å². The Bertz CT molecular complexity index is 532. The average Bonchev–Trinajstić information content (AvgIpc) is 2.39. The molecule has 0 radical (unpaired) electrons. The van der Waals surface area contributed by atoms with Crippen molar-refractivity contribution in [1.82, 2.24) is 4.72 Å². The Balaban J connectivity index is 2.17. The summed E-state index contributed by atoms with van der Waals surface area (Å²) in [5.74, 6) is -0.449. The quantitative estimate of drug-likeness (QED) is 0.909. The van der Waals surface area contributed by atoms with Crippen LogP contribution < -0.4 is 4.72 Å². The van der Waals surface area contributed by atoms with Gasteiger partial charge in [-0.1, -0.05) is 12.1 Å². The van der Waals surface area contributed by atoms with Gasteiger partial charge < -0.3 is 4.74 Å². The molecule has 1 aliphatic rings. The molecule has 2 atom stereocenters. The molecule has 4 nitrogen and oxygen atoms in total. The van der Waals surface area contributed by atoms with E-state index in [1.165, 1.54) is 19.2 Å². The summed E-state index contributed by atoms with van der Waals surface area (Å²) in [6.45, 7) is 0.841. The normalized spacial score (nSPS) is 24.3. The van der Waals surface area contributed by atoms with E-state index in [9.17, 15) is 12.8 Å². The molecule has 6 heteroatoms. The summed E-state index contributed by atoms with van der Waals surface area (Å²) in [4.78, 5) is 0. The summed E-state index contributed by atoms with van der Waals surface area (Å²) in [5.41, 5.74) is 0.798. The van der Waals surface area contributed by atoms with Crippen molar-refractivity contribution in [2.45, 2.75) is 18.1 Å². The maximum atomic E-state index is 13.2. The highest BCUT2D eigenvalue weighted by Gasteiger charge is 2.35. The van der Waals surface area contributed by atoms with Crippen molar-refractivity contribution in [3.05, 3.63) is 35.6 Å². The Kier molecular flexibility index (Phi) is 4.54. The minimum absolute atomic E-state index is 0.145. The van der Waals surface area contributed by atoms with Crippen molar-refractivity contribution in [3.8, 4) is 0 Å². The van der Waals surface area contributed by atoms with Gasteiger partial charge in [-0.2, -0.15) is 0 Å². The number of halogens is 1. The lowest BCUT2D eigenvalue weighted by Crippen LogP contribution is -2.43. The third kappa shape index (κ3) is 3.52. The van der Waals surface area contributed by atoms with Crippen LogP contribution in [0.4, 0.5) is 4.39 Å². The zero-order valence-electron chi connectivity index (χ0n) is 10.8. The lowest BCUT2D eigenvalue weighted by atomic mass is 9.93. The molecule has 0 unspecified atom stereocenters. The molecule has 19 heavy (non-hydrogen) atoms. The van der Waals surface area contributed by atoms with Crippen LogP contribution in [0.15, 0.2) is 24.3 Å². The van der Waals surface area contributed by atoms with Crippen LogP contribution in [0.5, 0.6) is 0 Å². The maximum absolute atomic E-state index is 13.2. The molecular formula is C13H18FNO3S. The Hall–Kier alpha value is -0.980. The number of sulfonamides is 1. The first-order valence-corrected chi connectivity index (χ1v) is 7.82. The van der Waals surface area contributed by atoms with E-state index in [0.717, 1.165) is 5.56 Å². The van der Waals surface area contributed by atoms with E-state index in [0.29, 0.717) is 26.1 Å². The van der Waals surface area contributed by atoms with E-state index in [1.807, 2.05) is 0 Å². The largest absolute Gasteiger partial charge is 0.381 e. The van der Waals surface area contributed by atoms with Gasteiger partial charge in [-0.05, 0) is 37.6 Å². The molecule has 0 amide bonds. The van der Waals surface area contributed by atoms with E-state index in [-0.39, 0.29) is 11.7 Å².